The van der Waals surface area contributed by atoms with E-state index in [1.165, 1.54) is 16.4 Å². The standard InChI is InChI=1S/C6H5Cl3N2O2S/c7-1-5(8)3-11-4-6(2-10-11)14(9,12)13/h1-2,4H,3H2/b5-1+. The second-order valence-corrected chi connectivity index (χ2v) is 5.64. The third-order valence-corrected chi connectivity index (χ3v) is 3.23. The molecular formula is C6H5Cl3N2O2S. The average molecular weight is 276 g/mol. The van der Waals surface area contributed by atoms with Crippen LogP contribution in [0.25, 0.3) is 0 Å². The Morgan fingerprint density at radius 3 is 2.71 bits per heavy atom. The van der Waals surface area contributed by atoms with Crippen molar-refractivity contribution >= 4 is 42.9 Å². The molecular weight excluding hydrogens is 271 g/mol. The molecule has 0 spiro atoms. The van der Waals surface area contributed by atoms with Gasteiger partial charge in [0.15, 0.2) is 0 Å². The molecule has 0 aliphatic rings. The van der Waals surface area contributed by atoms with Crippen LogP contribution in [0.2, 0.25) is 0 Å². The van der Waals surface area contributed by atoms with E-state index in [9.17, 15) is 8.42 Å². The quantitative estimate of drug-likeness (QED) is 0.794. The molecule has 0 aliphatic heterocycles. The topological polar surface area (TPSA) is 52.0 Å². The van der Waals surface area contributed by atoms with E-state index in [2.05, 4.69) is 5.10 Å². The first-order valence-corrected chi connectivity index (χ1v) is 6.47. The molecule has 0 saturated heterocycles. The molecule has 0 bridgehead atoms. The van der Waals surface area contributed by atoms with Gasteiger partial charge in [-0.05, 0) is 0 Å². The third-order valence-electron chi connectivity index (χ3n) is 1.32. The molecule has 14 heavy (non-hydrogen) atoms. The highest BCUT2D eigenvalue weighted by atomic mass is 35.7. The molecule has 0 aromatic carbocycles. The Kier molecular flexibility index (Phi) is 3.83. The third kappa shape index (κ3) is 3.16. The molecule has 1 heterocycles. The molecule has 8 heteroatoms. The summed E-state index contributed by atoms with van der Waals surface area (Å²) in [6.07, 6.45) is 2.41. The molecule has 0 radical (unpaired) electrons. The molecule has 0 N–H and O–H groups in total. The number of aromatic nitrogens is 2. The number of hydrogen-bond donors (Lipinski definition) is 0. The number of nitrogens with zero attached hydrogens (tertiary/aromatic N) is 2. The van der Waals surface area contributed by atoms with E-state index in [1.54, 1.807) is 0 Å². The van der Waals surface area contributed by atoms with E-state index in [-0.39, 0.29) is 11.4 Å². The minimum absolute atomic E-state index is 0.0711. The molecule has 0 atom stereocenters. The second-order valence-electron chi connectivity index (χ2n) is 2.37. The van der Waals surface area contributed by atoms with Gasteiger partial charge >= 0.3 is 0 Å². The Hall–Kier alpha value is -0.230. The molecule has 1 rings (SSSR count). The summed E-state index contributed by atoms with van der Waals surface area (Å²) < 4.78 is 23.0. The van der Waals surface area contributed by atoms with Crippen molar-refractivity contribution in [3.63, 3.8) is 0 Å². The molecule has 4 nitrogen and oxygen atoms in total. The van der Waals surface area contributed by atoms with E-state index in [0.29, 0.717) is 5.03 Å². The molecule has 78 valence electrons. The second kappa shape index (κ2) is 4.53. The van der Waals surface area contributed by atoms with Gasteiger partial charge in [-0.25, -0.2) is 8.42 Å². The van der Waals surface area contributed by atoms with Gasteiger partial charge in [0, 0.05) is 22.4 Å². The normalized spacial score (nSPS) is 13.2. The predicted octanol–water partition coefficient (Wildman–Crippen LogP) is 2.13. The SMILES string of the molecule is O=S(=O)(Cl)c1cnn(C/C(Cl)=C\Cl)c1. The lowest BCUT2D eigenvalue weighted by Gasteiger charge is -1.96. The van der Waals surface area contributed by atoms with Crippen LogP contribution in [-0.4, -0.2) is 18.2 Å². The fourth-order valence-corrected chi connectivity index (χ4v) is 1.60. The maximum Gasteiger partial charge on any atom is 0.264 e. The minimum atomic E-state index is -3.73. The Morgan fingerprint density at radius 1 is 1.64 bits per heavy atom. The van der Waals surface area contributed by atoms with Crippen LogP contribution in [0.3, 0.4) is 0 Å². The van der Waals surface area contributed by atoms with Crippen molar-refractivity contribution in [2.24, 2.45) is 0 Å². The van der Waals surface area contributed by atoms with Crippen molar-refractivity contribution in [2.75, 3.05) is 0 Å². The maximum absolute atomic E-state index is 10.8. The van der Waals surface area contributed by atoms with Crippen molar-refractivity contribution < 1.29 is 8.42 Å². The minimum Gasteiger partial charge on any atom is -0.266 e. The van der Waals surface area contributed by atoms with Gasteiger partial charge in [0.25, 0.3) is 9.05 Å². The number of hydrogen-bond acceptors (Lipinski definition) is 3. The summed E-state index contributed by atoms with van der Waals surface area (Å²) in [5.41, 5.74) is 1.18. The van der Waals surface area contributed by atoms with E-state index in [1.807, 2.05) is 0 Å². The maximum atomic E-state index is 10.8. The molecule has 1 aromatic heterocycles. The Balaban J connectivity index is 2.90. The summed E-state index contributed by atoms with van der Waals surface area (Å²) in [4.78, 5) is -0.0711. The van der Waals surface area contributed by atoms with Crippen LogP contribution in [0.4, 0.5) is 0 Å². The highest BCUT2D eigenvalue weighted by Crippen LogP contribution is 2.14. The van der Waals surface area contributed by atoms with E-state index >= 15 is 0 Å². The van der Waals surface area contributed by atoms with Gasteiger partial charge in [0.05, 0.1) is 17.8 Å². The van der Waals surface area contributed by atoms with Crippen molar-refractivity contribution in [1.82, 2.24) is 9.78 Å². The lowest BCUT2D eigenvalue weighted by atomic mass is 10.6. The first-order chi connectivity index (χ1) is 6.43. The Labute approximate surface area is 95.5 Å². The van der Waals surface area contributed by atoms with Gasteiger partial charge in [0.1, 0.15) is 4.90 Å². The molecule has 0 aliphatic carbocycles. The Bertz CT molecular complexity index is 451. The van der Waals surface area contributed by atoms with E-state index in [4.69, 9.17) is 33.9 Å². The lowest BCUT2D eigenvalue weighted by Crippen LogP contribution is -1.97. The smallest absolute Gasteiger partial charge is 0.264 e. The van der Waals surface area contributed by atoms with Crippen LogP contribution in [0.1, 0.15) is 0 Å². The van der Waals surface area contributed by atoms with Crippen LogP contribution >= 0.6 is 33.9 Å². The zero-order valence-corrected chi connectivity index (χ0v) is 9.78. The highest BCUT2D eigenvalue weighted by molar-refractivity contribution is 8.13. The van der Waals surface area contributed by atoms with Gasteiger partial charge in [-0.15, -0.1) is 0 Å². The van der Waals surface area contributed by atoms with Gasteiger partial charge in [-0.3, -0.25) is 4.68 Å². The van der Waals surface area contributed by atoms with Gasteiger partial charge in [0.2, 0.25) is 0 Å². The van der Waals surface area contributed by atoms with E-state index in [0.717, 1.165) is 6.20 Å². The fourth-order valence-electron chi connectivity index (χ4n) is 0.746. The van der Waals surface area contributed by atoms with Crippen LogP contribution in [0.5, 0.6) is 0 Å². The number of rotatable bonds is 3. The number of halogens is 3. The van der Waals surface area contributed by atoms with Gasteiger partial charge in [-0.2, -0.15) is 5.10 Å². The van der Waals surface area contributed by atoms with Crippen LogP contribution in [0, 0.1) is 0 Å². The van der Waals surface area contributed by atoms with Crippen molar-refractivity contribution in [3.8, 4) is 0 Å². The van der Waals surface area contributed by atoms with Crippen molar-refractivity contribution in [1.29, 1.82) is 0 Å². The van der Waals surface area contributed by atoms with Gasteiger partial charge < -0.3 is 0 Å². The predicted molar refractivity (Wildman–Crippen MR) is 55.1 cm³/mol. The summed E-state index contributed by atoms with van der Waals surface area (Å²) in [5, 5.41) is 4.08. The number of allylic oxidation sites excluding steroid dienone is 1. The van der Waals surface area contributed by atoms with E-state index < -0.39 is 9.05 Å². The summed E-state index contributed by atoms with van der Waals surface area (Å²) in [5.74, 6) is 0. The zero-order valence-electron chi connectivity index (χ0n) is 6.69. The summed E-state index contributed by atoms with van der Waals surface area (Å²) in [7, 11) is 1.36. The highest BCUT2D eigenvalue weighted by Gasteiger charge is 2.12. The largest absolute Gasteiger partial charge is 0.266 e. The fraction of sp³-hybridized carbons (Fsp3) is 0.167. The van der Waals surface area contributed by atoms with Gasteiger partial charge in [-0.1, -0.05) is 23.2 Å². The summed E-state index contributed by atoms with van der Waals surface area (Å²) in [6.45, 7) is 0.206. The monoisotopic (exact) mass is 274 g/mol. The molecule has 0 amide bonds. The lowest BCUT2D eigenvalue weighted by molar-refractivity contribution is 0.609. The summed E-state index contributed by atoms with van der Waals surface area (Å²) >= 11 is 10.9. The van der Waals surface area contributed by atoms with Crippen LogP contribution < -0.4 is 0 Å². The van der Waals surface area contributed by atoms with Crippen LogP contribution in [-0.2, 0) is 15.6 Å². The summed E-state index contributed by atoms with van der Waals surface area (Å²) in [6, 6.07) is 0. The first kappa shape index (κ1) is 11.8. The van der Waals surface area contributed by atoms with Crippen molar-refractivity contribution in [2.45, 2.75) is 11.4 Å². The molecule has 1 aromatic rings. The first-order valence-electron chi connectivity index (χ1n) is 3.35. The Morgan fingerprint density at radius 2 is 2.29 bits per heavy atom. The van der Waals surface area contributed by atoms with Crippen LogP contribution in [0.15, 0.2) is 27.9 Å². The van der Waals surface area contributed by atoms with Crippen molar-refractivity contribution in [3.05, 3.63) is 23.0 Å². The zero-order chi connectivity index (χ0) is 10.8. The average Bonchev–Trinajstić information content (AvgIpc) is 2.51. The molecule has 0 unspecified atom stereocenters. The molecule has 0 fully saturated rings. The molecule has 0 saturated carbocycles.